The van der Waals surface area contributed by atoms with E-state index in [2.05, 4.69) is 37.1 Å². The van der Waals surface area contributed by atoms with E-state index in [1.165, 1.54) is 0 Å². The Morgan fingerprint density at radius 1 is 1.07 bits per heavy atom. The predicted octanol–water partition coefficient (Wildman–Crippen LogP) is 2.89. The molecule has 29 heavy (non-hydrogen) atoms. The minimum Gasteiger partial charge on any atom is -0.350 e. The molecule has 1 aliphatic rings. The van der Waals surface area contributed by atoms with Crippen molar-refractivity contribution in [3.05, 3.63) is 89.6 Å². The fourth-order valence-corrected chi connectivity index (χ4v) is 3.76. The van der Waals surface area contributed by atoms with Crippen LogP contribution in [-0.4, -0.2) is 25.3 Å². The van der Waals surface area contributed by atoms with E-state index in [1.54, 1.807) is 12.4 Å². The molecular formula is C22H20N6O. The minimum atomic E-state index is -0.145. The third-order valence-electron chi connectivity index (χ3n) is 5.18. The molecular weight excluding hydrogens is 364 g/mol. The number of nitrogens with one attached hydrogen (secondary N) is 2. The number of fused-ring (bicyclic) bond motifs is 3. The van der Waals surface area contributed by atoms with Crippen LogP contribution >= 0.6 is 0 Å². The van der Waals surface area contributed by atoms with Crippen LogP contribution in [0.1, 0.15) is 34.9 Å². The molecule has 0 fully saturated rings. The van der Waals surface area contributed by atoms with Crippen LogP contribution in [0.25, 0.3) is 5.65 Å². The van der Waals surface area contributed by atoms with Gasteiger partial charge in [0.25, 0.3) is 0 Å². The highest BCUT2D eigenvalue weighted by Gasteiger charge is 2.29. The monoisotopic (exact) mass is 384 g/mol. The Kier molecular flexibility index (Phi) is 4.40. The zero-order chi connectivity index (χ0) is 19.6. The molecule has 7 heteroatoms. The van der Waals surface area contributed by atoms with Crippen molar-refractivity contribution < 1.29 is 4.79 Å². The van der Waals surface area contributed by atoms with E-state index in [0.29, 0.717) is 25.5 Å². The van der Waals surface area contributed by atoms with Gasteiger partial charge in [-0.25, -0.2) is 15.0 Å². The van der Waals surface area contributed by atoms with Gasteiger partial charge >= 0.3 is 0 Å². The van der Waals surface area contributed by atoms with Gasteiger partial charge in [0.2, 0.25) is 11.9 Å². The van der Waals surface area contributed by atoms with Crippen LogP contribution < -0.4 is 10.6 Å². The number of amides is 1. The highest BCUT2D eigenvalue weighted by molar-refractivity contribution is 5.78. The van der Waals surface area contributed by atoms with E-state index < -0.39 is 0 Å². The van der Waals surface area contributed by atoms with Crippen LogP contribution in [0, 0.1) is 0 Å². The van der Waals surface area contributed by atoms with Crippen LogP contribution in [0.3, 0.4) is 0 Å². The van der Waals surface area contributed by atoms with Crippen molar-refractivity contribution >= 4 is 17.5 Å². The Hall–Kier alpha value is -3.74. The van der Waals surface area contributed by atoms with Gasteiger partial charge in [0.05, 0.1) is 17.9 Å². The summed E-state index contributed by atoms with van der Waals surface area (Å²) >= 11 is 0. The highest BCUT2D eigenvalue weighted by atomic mass is 16.1. The minimum absolute atomic E-state index is 0.00367. The fraction of sp³-hybridized carbons (Fsp3) is 0.182. The van der Waals surface area contributed by atoms with Gasteiger partial charge < -0.3 is 15.0 Å². The van der Waals surface area contributed by atoms with Crippen LogP contribution in [0.2, 0.25) is 0 Å². The molecule has 0 saturated heterocycles. The molecule has 0 spiro atoms. The Morgan fingerprint density at radius 3 is 2.69 bits per heavy atom. The van der Waals surface area contributed by atoms with E-state index in [-0.39, 0.29) is 11.8 Å². The number of hydrogen-bond donors (Lipinski definition) is 2. The van der Waals surface area contributed by atoms with Crippen LogP contribution in [0.4, 0.5) is 5.95 Å². The summed E-state index contributed by atoms with van der Waals surface area (Å²) in [5.74, 6) is 0.422. The van der Waals surface area contributed by atoms with Crippen molar-refractivity contribution in [3.63, 3.8) is 0 Å². The first-order valence-electron chi connectivity index (χ1n) is 9.60. The zero-order valence-electron chi connectivity index (χ0n) is 15.7. The van der Waals surface area contributed by atoms with E-state index in [1.807, 2.05) is 42.6 Å². The molecule has 1 atom stereocenters. The maximum Gasteiger partial charge on any atom is 0.222 e. The average molecular weight is 384 g/mol. The molecule has 5 rings (SSSR count). The third kappa shape index (κ3) is 3.42. The number of imidazole rings is 1. The summed E-state index contributed by atoms with van der Waals surface area (Å²) in [7, 11) is 0. The standard InChI is InChI=1S/C22H20N6O/c29-20-10-17(21-18(14-23-20)27-19-8-4-5-9-28(19)21)16-12-25-22(26-13-16)24-11-15-6-2-1-3-7-15/h1-9,12-13,17H,10-11,14H2,(H,23,29)(H,24,25,26). The lowest BCUT2D eigenvalue weighted by Gasteiger charge is -2.15. The van der Waals surface area contributed by atoms with Gasteiger partial charge in [-0.2, -0.15) is 0 Å². The lowest BCUT2D eigenvalue weighted by Crippen LogP contribution is -2.21. The molecule has 3 aromatic heterocycles. The van der Waals surface area contributed by atoms with E-state index in [0.717, 1.165) is 28.2 Å². The Balaban J connectivity index is 1.44. The van der Waals surface area contributed by atoms with Crippen molar-refractivity contribution in [1.82, 2.24) is 24.7 Å². The first-order chi connectivity index (χ1) is 14.3. The third-order valence-corrected chi connectivity index (χ3v) is 5.18. The lowest BCUT2D eigenvalue weighted by atomic mass is 9.94. The molecule has 0 aliphatic carbocycles. The van der Waals surface area contributed by atoms with Gasteiger partial charge in [0.15, 0.2) is 0 Å². The molecule has 1 aromatic carbocycles. The second kappa shape index (κ2) is 7.35. The number of aromatic nitrogens is 4. The summed E-state index contributed by atoms with van der Waals surface area (Å²) in [6, 6.07) is 16.0. The first kappa shape index (κ1) is 17.4. The number of nitrogens with zero attached hydrogens (tertiary/aromatic N) is 4. The van der Waals surface area contributed by atoms with Crippen molar-refractivity contribution in [1.29, 1.82) is 0 Å². The van der Waals surface area contributed by atoms with Gasteiger partial charge in [0, 0.05) is 37.5 Å². The summed E-state index contributed by atoms with van der Waals surface area (Å²) in [6.45, 7) is 1.09. The van der Waals surface area contributed by atoms with Gasteiger partial charge in [-0.15, -0.1) is 0 Å². The molecule has 7 nitrogen and oxygen atoms in total. The summed E-state index contributed by atoms with van der Waals surface area (Å²) in [5, 5.41) is 6.18. The van der Waals surface area contributed by atoms with Gasteiger partial charge in [0.1, 0.15) is 5.65 Å². The van der Waals surface area contributed by atoms with Crippen molar-refractivity contribution in [2.75, 3.05) is 5.32 Å². The summed E-state index contributed by atoms with van der Waals surface area (Å²) in [5.41, 5.74) is 4.85. The number of rotatable bonds is 4. The highest BCUT2D eigenvalue weighted by Crippen LogP contribution is 2.32. The van der Waals surface area contributed by atoms with Crippen molar-refractivity contribution in [2.45, 2.75) is 25.4 Å². The van der Waals surface area contributed by atoms with E-state index >= 15 is 0 Å². The SMILES string of the molecule is O=C1CC(c2cnc(NCc3ccccc3)nc2)c2c(nc3ccccn23)CN1. The summed E-state index contributed by atoms with van der Waals surface area (Å²) in [4.78, 5) is 26.0. The summed E-state index contributed by atoms with van der Waals surface area (Å²) < 4.78 is 2.06. The molecule has 0 radical (unpaired) electrons. The summed E-state index contributed by atoms with van der Waals surface area (Å²) in [6.07, 6.45) is 5.93. The Labute approximate surface area is 167 Å². The molecule has 1 amide bonds. The molecule has 0 saturated carbocycles. The van der Waals surface area contributed by atoms with Crippen molar-refractivity contribution in [3.8, 4) is 0 Å². The molecule has 1 unspecified atom stereocenters. The number of anilines is 1. The fourth-order valence-electron chi connectivity index (χ4n) is 3.76. The largest absolute Gasteiger partial charge is 0.350 e. The second-order valence-electron chi connectivity index (χ2n) is 7.09. The molecule has 0 bridgehead atoms. The average Bonchev–Trinajstić information content (AvgIpc) is 3.05. The van der Waals surface area contributed by atoms with Crippen LogP contribution in [-0.2, 0) is 17.9 Å². The topological polar surface area (TPSA) is 84.2 Å². The first-order valence-corrected chi connectivity index (χ1v) is 9.60. The molecule has 144 valence electrons. The number of hydrogen-bond acceptors (Lipinski definition) is 5. The zero-order valence-corrected chi connectivity index (χ0v) is 15.7. The van der Waals surface area contributed by atoms with Crippen LogP contribution in [0.5, 0.6) is 0 Å². The number of carbonyl (C=O) groups is 1. The maximum atomic E-state index is 12.3. The molecule has 2 N–H and O–H groups in total. The molecule has 1 aliphatic heterocycles. The predicted molar refractivity (Wildman–Crippen MR) is 109 cm³/mol. The quantitative estimate of drug-likeness (QED) is 0.565. The smallest absolute Gasteiger partial charge is 0.222 e. The van der Waals surface area contributed by atoms with Crippen molar-refractivity contribution in [2.24, 2.45) is 0 Å². The number of pyridine rings is 1. The normalized spacial score (nSPS) is 16.1. The van der Waals surface area contributed by atoms with Gasteiger partial charge in [-0.1, -0.05) is 36.4 Å². The second-order valence-corrected chi connectivity index (χ2v) is 7.09. The maximum absolute atomic E-state index is 12.3. The van der Waals surface area contributed by atoms with Gasteiger partial charge in [-0.3, -0.25) is 4.79 Å². The lowest BCUT2D eigenvalue weighted by molar-refractivity contribution is -0.121. The Bertz CT molecular complexity index is 1150. The van der Waals surface area contributed by atoms with E-state index in [4.69, 9.17) is 4.98 Å². The van der Waals surface area contributed by atoms with E-state index in [9.17, 15) is 4.79 Å². The van der Waals surface area contributed by atoms with Crippen LogP contribution in [0.15, 0.2) is 67.1 Å². The molecule has 4 heterocycles. The molecule has 4 aromatic rings. The van der Waals surface area contributed by atoms with Gasteiger partial charge in [-0.05, 0) is 23.3 Å². The number of benzene rings is 1. The Morgan fingerprint density at radius 2 is 1.86 bits per heavy atom. The number of carbonyl (C=O) groups excluding carboxylic acids is 1.